The maximum Gasteiger partial charge on any atom is 0.306 e. The lowest BCUT2D eigenvalue weighted by molar-refractivity contribution is -0.155. The van der Waals surface area contributed by atoms with Crippen molar-refractivity contribution >= 4 is 36.1 Å². The fourth-order valence-corrected chi connectivity index (χ4v) is 7.29. The van der Waals surface area contributed by atoms with Crippen LogP contribution in [0.15, 0.2) is 0 Å². The van der Waals surface area contributed by atoms with Crippen molar-refractivity contribution in [3.05, 3.63) is 0 Å². The zero-order chi connectivity index (χ0) is 45.4. The van der Waals surface area contributed by atoms with Crippen molar-refractivity contribution in [2.45, 2.75) is 239 Å². The predicted molar refractivity (Wildman–Crippen MR) is 243 cm³/mol. The number of aldehydes is 1. The van der Waals surface area contributed by atoms with Gasteiger partial charge in [-0.05, 0) is 91.3 Å². The molecule has 0 radical (unpaired) electrons. The van der Waals surface area contributed by atoms with Crippen LogP contribution in [0.4, 0.5) is 0 Å². The van der Waals surface area contributed by atoms with Crippen molar-refractivity contribution < 1.29 is 47.7 Å². The molecule has 0 saturated heterocycles. The summed E-state index contributed by atoms with van der Waals surface area (Å²) in [6.07, 6.45) is 24.3. The quantitative estimate of drug-likeness (QED) is 0.0250. The van der Waals surface area contributed by atoms with E-state index in [1.54, 1.807) is 4.90 Å². The molecule has 61 heavy (non-hydrogen) atoms. The van der Waals surface area contributed by atoms with Gasteiger partial charge in [0.05, 0.1) is 12.5 Å². The topological polar surface area (TPSA) is 146 Å². The number of nitrogens with zero attached hydrogens (tertiary/aromatic N) is 2. The van der Waals surface area contributed by atoms with Crippen molar-refractivity contribution in [3.63, 3.8) is 0 Å². The van der Waals surface area contributed by atoms with Crippen molar-refractivity contribution in [1.82, 2.24) is 9.80 Å². The molecular formula is C49H90N2O10. The number of hydrogen-bond acceptors (Lipinski definition) is 11. The molecule has 0 N–H and O–H groups in total. The van der Waals surface area contributed by atoms with Crippen LogP contribution in [0.3, 0.4) is 0 Å². The molecule has 3 atom stereocenters. The molecule has 0 aliphatic heterocycles. The largest absolute Gasteiger partial charge is 0.463 e. The Labute approximate surface area is 371 Å². The Morgan fingerprint density at radius 3 is 1.49 bits per heavy atom. The Morgan fingerprint density at radius 1 is 0.475 bits per heavy atom. The molecule has 0 bridgehead atoms. The van der Waals surface area contributed by atoms with Crippen LogP contribution in [0.25, 0.3) is 0 Å². The summed E-state index contributed by atoms with van der Waals surface area (Å²) >= 11 is 0. The summed E-state index contributed by atoms with van der Waals surface area (Å²) < 4.78 is 23.0. The third-order valence-corrected chi connectivity index (χ3v) is 11.1. The highest BCUT2D eigenvalue weighted by Gasteiger charge is 2.28. The molecule has 0 saturated carbocycles. The molecule has 0 aromatic rings. The van der Waals surface area contributed by atoms with Gasteiger partial charge in [-0.1, -0.05) is 111 Å². The summed E-state index contributed by atoms with van der Waals surface area (Å²) in [7, 11) is 3.89. The van der Waals surface area contributed by atoms with E-state index in [-0.39, 0.29) is 63.0 Å². The lowest BCUT2D eigenvalue weighted by atomic mass is 10.1. The van der Waals surface area contributed by atoms with Crippen molar-refractivity contribution in [1.29, 1.82) is 0 Å². The van der Waals surface area contributed by atoms with Gasteiger partial charge >= 0.3 is 23.9 Å². The van der Waals surface area contributed by atoms with Gasteiger partial charge in [-0.15, -0.1) is 0 Å². The van der Waals surface area contributed by atoms with Gasteiger partial charge in [-0.2, -0.15) is 0 Å². The molecule has 0 fully saturated rings. The Morgan fingerprint density at radius 2 is 0.951 bits per heavy atom. The Hall–Kier alpha value is -3.02. The first kappa shape index (κ1) is 58.0. The van der Waals surface area contributed by atoms with Gasteiger partial charge in [-0.3, -0.25) is 24.0 Å². The number of carbonyl (C=O) groups excluding carboxylic acids is 6. The van der Waals surface area contributed by atoms with Crippen LogP contribution in [0.1, 0.15) is 220 Å². The zero-order valence-electron chi connectivity index (χ0n) is 39.8. The SMILES string of the molecule is CCCCCCCCC(CC)OC(=O)CCCCCCC(=O)OCC(COC(=O)CCCCCCC=O)N(CCCN(C)C)C(=O)CCC(=O)OC(CCC)CCCCCC. The van der Waals surface area contributed by atoms with Crippen LogP contribution in [-0.2, 0) is 47.7 Å². The van der Waals surface area contributed by atoms with E-state index in [1.165, 1.54) is 32.1 Å². The number of hydrogen-bond donors (Lipinski definition) is 0. The smallest absolute Gasteiger partial charge is 0.306 e. The minimum atomic E-state index is -0.725. The van der Waals surface area contributed by atoms with Gasteiger partial charge in [0, 0.05) is 38.6 Å². The molecule has 0 aromatic carbocycles. The molecule has 0 rings (SSSR count). The average molecular weight is 867 g/mol. The Kier molecular flexibility index (Phi) is 39.0. The second-order valence-corrected chi connectivity index (χ2v) is 17.1. The summed E-state index contributed by atoms with van der Waals surface area (Å²) in [6.45, 7) is 9.26. The Balaban J connectivity index is 5.34. The third-order valence-electron chi connectivity index (χ3n) is 11.1. The van der Waals surface area contributed by atoms with E-state index in [0.29, 0.717) is 51.6 Å². The van der Waals surface area contributed by atoms with Gasteiger partial charge in [0.25, 0.3) is 0 Å². The number of unbranched alkanes of at least 4 members (excludes halogenated alkanes) is 15. The van der Waals surface area contributed by atoms with Gasteiger partial charge < -0.3 is 33.5 Å². The van der Waals surface area contributed by atoms with E-state index >= 15 is 0 Å². The summed E-state index contributed by atoms with van der Waals surface area (Å²) in [5.41, 5.74) is 0. The summed E-state index contributed by atoms with van der Waals surface area (Å²) in [5, 5.41) is 0. The van der Waals surface area contributed by atoms with Gasteiger partial charge in [-0.25, -0.2) is 0 Å². The number of ether oxygens (including phenoxy) is 4. The zero-order valence-corrected chi connectivity index (χ0v) is 39.8. The fourth-order valence-electron chi connectivity index (χ4n) is 7.29. The second kappa shape index (κ2) is 41.0. The number of esters is 4. The third kappa shape index (κ3) is 35.2. The molecular weight excluding hydrogens is 777 g/mol. The monoisotopic (exact) mass is 867 g/mol. The fraction of sp³-hybridized carbons (Fsp3) is 0.878. The highest BCUT2D eigenvalue weighted by Crippen LogP contribution is 2.18. The molecule has 0 spiro atoms. The average Bonchev–Trinajstić information content (AvgIpc) is 3.23. The summed E-state index contributed by atoms with van der Waals surface area (Å²) in [4.78, 5) is 79.3. The molecule has 3 unspecified atom stereocenters. The standard InChI is InChI=1S/C49H90N2O10/c1-7-11-13-15-17-23-30-43(10-4)60-48(56)34-26-20-19-25-33-47(55)59-41-42(40-58-46(54)32-24-18-16-21-27-39-52)51(38-28-37-50(5)6)45(53)35-36-49(57)61-44(29-9-3)31-22-14-12-8-2/h39,42-44H,7-38,40-41H2,1-6H3. The van der Waals surface area contributed by atoms with Crippen molar-refractivity contribution in [3.8, 4) is 0 Å². The van der Waals surface area contributed by atoms with Crippen LogP contribution in [0, 0.1) is 0 Å². The van der Waals surface area contributed by atoms with Crippen molar-refractivity contribution in [2.24, 2.45) is 0 Å². The predicted octanol–water partition coefficient (Wildman–Crippen LogP) is 10.6. The number of carbonyl (C=O) groups is 6. The first-order chi connectivity index (χ1) is 29.5. The molecule has 356 valence electrons. The van der Waals surface area contributed by atoms with E-state index in [0.717, 1.165) is 103 Å². The molecule has 0 aromatic heterocycles. The van der Waals surface area contributed by atoms with Crippen LogP contribution >= 0.6 is 0 Å². The van der Waals surface area contributed by atoms with Gasteiger partial charge in [0.2, 0.25) is 5.91 Å². The maximum absolute atomic E-state index is 13.9. The lowest BCUT2D eigenvalue weighted by Crippen LogP contribution is -2.47. The second-order valence-electron chi connectivity index (χ2n) is 17.1. The first-order valence-corrected chi connectivity index (χ1v) is 24.6. The first-order valence-electron chi connectivity index (χ1n) is 24.6. The molecule has 0 aliphatic carbocycles. The van der Waals surface area contributed by atoms with Crippen molar-refractivity contribution in [2.75, 3.05) is 40.4 Å². The summed E-state index contributed by atoms with van der Waals surface area (Å²) in [6, 6.07) is -0.725. The van der Waals surface area contributed by atoms with Crippen LogP contribution in [0.5, 0.6) is 0 Å². The van der Waals surface area contributed by atoms with Crippen LogP contribution in [-0.4, -0.2) is 105 Å². The molecule has 1 amide bonds. The minimum Gasteiger partial charge on any atom is -0.463 e. The number of rotatable bonds is 43. The summed E-state index contributed by atoms with van der Waals surface area (Å²) in [5.74, 6) is -1.65. The molecule has 12 nitrogen and oxygen atoms in total. The van der Waals surface area contributed by atoms with Gasteiger partial charge in [0.1, 0.15) is 31.7 Å². The maximum atomic E-state index is 13.9. The molecule has 0 heterocycles. The minimum absolute atomic E-state index is 0.0189. The van der Waals surface area contributed by atoms with Crippen LogP contribution in [0.2, 0.25) is 0 Å². The van der Waals surface area contributed by atoms with E-state index < -0.39 is 23.9 Å². The van der Waals surface area contributed by atoms with E-state index in [4.69, 9.17) is 18.9 Å². The normalized spacial score (nSPS) is 12.7. The number of amides is 1. The van der Waals surface area contributed by atoms with Crippen LogP contribution < -0.4 is 0 Å². The lowest BCUT2D eigenvalue weighted by Gasteiger charge is -2.32. The Bertz CT molecular complexity index is 1130. The van der Waals surface area contributed by atoms with E-state index in [9.17, 15) is 28.8 Å². The highest BCUT2D eigenvalue weighted by atomic mass is 16.6. The highest BCUT2D eigenvalue weighted by molar-refractivity contribution is 5.82. The van der Waals surface area contributed by atoms with E-state index in [2.05, 4.69) is 27.7 Å². The van der Waals surface area contributed by atoms with E-state index in [1.807, 2.05) is 19.0 Å². The molecule has 0 aliphatic rings. The molecule has 12 heteroatoms. The van der Waals surface area contributed by atoms with Gasteiger partial charge in [0.15, 0.2) is 0 Å².